The van der Waals surface area contributed by atoms with Crippen LogP contribution in [-0.4, -0.2) is 33.6 Å². The fourth-order valence-electron chi connectivity index (χ4n) is 1.71. The molecule has 0 aliphatic carbocycles. The van der Waals surface area contributed by atoms with Gasteiger partial charge in [-0.1, -0.05) is 6.07 Å². The van der Waals surface area contributed by atoms with Crippen LogP contribution in [-0.2, 0) is 11.2 Å². The Labute approximate surface area is 103 Å². The van der Waals surface area contributed by atoms with Gasteiger partial charge < -0.3 is 20.4 Å². The van der Waals surface area contributed by atoms with Crippen molar-refractivity contribution in [3.63, 3.8) is 0 Å². The maximum atomic E-state index is 11.1. The molecule has 0 saturated heterocycles. The van der Waals surface area contributed by atoms with Gasteiger partial charge in [-0.15, -0.1) is 0 Å². The van der Waals surface area contributed by atoms with Crippen molar-refractivity contribution in [3.8, 4) is 0 Å². The summed E-state index contributed by atoms with van der Waals surface area (Å²) in [6.45, 7) is 1.87. The zero-order valence-electron chi connectivity index (χ0n) is 9.99. The Hall–Kier alpha value is -2.08. The van der Waals surface area contributed by atoms with Crippen molar-refractivity contribution >= 4 is 16.9 Å². The number of hydrogen-bond donors (Lipinski definition) is 4. The largest absolute Gasteiger partial charge is 0.384 e. The van der Waals surface area contributed by atoms with Crippen LogP contribution in [0.2, 0.25) is 0 Å². The molecular formula is C12H15N3O3. The van der Waals surface area contributed by atoms with E-state index in [1.54, 1.807) is 0 Å². The molecular weight excluding hydrogens is 234 g/mol. The van der Waals surface area contributed by atoms with E-state index in [4.69, 9.17) is 5.11 Å². The van der Waals surface area contributed by atoms with Gasteiger partial charge in [-0.25, -0.2) is 4.79 Å². The highest BCUT2D eigenvalue weighted by atomic mass is 16.3. The molecule has 1 aromatic heterocycles. The fraction of sp³-hybridized carbons (Fsp3) is 0.333. The SMILES string of the molecule is CC(O)C(=O)NCCc1ccc2[nH]c(=O)[nH]c2c1. The lowest BCUT2D eigenvalue weighted by molar-refractivity contribution is -0.128. The van der Waals surface area contributed by atoms with Crippen molar-refractivity contribution in [3.05, 3.63) is 34.2 Å². The van der Waals surface area contributed by atoms with Crippen LogP contribution in [0.5, 0.6) is 0 Å². The number of benzene rings is 1. The summed E-state index contributed by atoms with van der Waals surface area (Å²) in [4.78, 5) is 27.6. The number of hydrogen-bond acceptors (Lipinski definition) is 3. The third-order valence-corrected chi connectivity index (χ3v) is 2.67. The van der Waals surface area contributed by atoms with Gasteiger partial charge in [0, 0.05) is 6.54 Å². The molecule has 2 rings (SSSR count). The van der Waals surface area contributed by atoms with Crippen LogP contribution in [0.4, 0.5) is 0 Å². The molecule has 1 atom stereocenters. The van der Waals surface area contributed by atoms with Crippen LogP contribution in [0.1, 0.15) is 12.5 Å². The highest BCUT2D eigenvalue weighted by Crippen LogP contribution is 2.10. The molecule has 0 radical (unpaired) electrons. The average Bonchev–Trinajstić information content (AvgIpc) is 2.68. The number of rotatable bonds is 4. The molecule has 1 amide bonds. The monoisotopic (exact) mass is 249 g/mol. The molecule has 0 spiro atoms. The summed E-state index contributed by atoms with van der Waals surface area (Å²) in [6.07, 6.45) is -0.352. The number of imidazole rings is 1. The second-order valence-electron chi connectivity index (χ2n) is 4.18. The number of amides is 1. The molecule has 0 aliphatic heterocycles. The Balaban J connectivity index is 1.99. The third kappa shape index (κ3) is 2.78. The minimum absolute atomic E-state index is 0.232. The Kier molecular flexibility index (Phi) is 3.47. The predicted octanol–water partition coefficient (Wildman–Crippen LogP) is -0.104. The van der Waals surface area contributed by atoms with E-state index in [9.17, 15) is 9.59 Å². The lowest BCUT2D eigenvalue weighted by Crippen LogP contribution is -2.33. The van der Waals surface area contributed by atoms with Gasteiger partial charge in [-0.3, -0.25) is 4.79 Å². The molecule has 0 bridgehead atoms. The van der Waals surface area contributed by atoms with Crippen LogP contribution in [0.3, 0.4) is 0 Å². The zero-order chi connectivity index (χ0) is 13.1. The minimum Gasteiger partial charge on any atom is -0.384 e. The Morgan fingerprint density at radius 1 is 1.39 bits per heavy atom. The highest BCUT2D eigenvalue weighted by molar-refractivity contribution is 5.80. The normalized spacial score (nSPS) is 12.6. The lowest BCUT2D eigenvalue weighted by Gasteiger charge is -2.06. The average molecular weight is 249 g/mol. The van der Waals surface area contributed by atoms with Crippen molar-refractivity contribution in [2.24, 2.45) is 0 Å². The summed E-state index contributed by atoms with van der Waals surface area (Å²) in [5.41, 5.74) is 2.28. The molecule has 4 N–H and O–H groups in total. The summed E-state index contributed by atoms with van der Waals surface area (Å²) in [5, 5.41) is 11.6. The van der Waals surface area contributed by atoms with Crippen molar-refractivity contribution in [1.29, 1.82) is 0 Å². The quantitative estimate of drug-likeness (QED) is 0.608. The van der Waals surface area contributed by atoms with Crippen LogP contribution in [0.15, 0.2) is 23.0 Å². The van der Waals surface area contributed by atoms with Crippen LogP contribution >= 0.6 is 0 Å². The number of carbonyl (C=O) groups is 1. The van der Waals surface area contributed by atoms with Gasteiger partial charge in [-0.05, 0) is 31.0 Å². The number of H-pyrrole nitrogens is 2. The first-order valence-electron chi connectivity index (χ1n) is 5.73. The standard InChI is InChI=1S/C12H15N3O3/c1-7(16)11(17)13-5-4-8-2-3-9-10(6-8)15-12(18)14-9/h2-3,6-7,16H,4-5H2,1H3,(H,13,17)(H2,14,15,18). The number of carbonyl (C=O) groups excluding carboxylic acids is 1. The number of aromatic nitrogens is 2. The molecule has 6 nitrogen and oxygen atoms in total. The van der Waals surface area contributed by atoms with Crippen LogP contribution in [0, 0.1) is 0 Å². The first-order valence-corrected chi connectivity index (χ1v) is 5.73. The number of fused-ring (bicyclic) bond motifs is 1. The van der Waals surface area contributed by atoms with Crippen LogP contribution in [0.25, 0.3) is 11.0 Å². The van der Waals surface area contributed by atoms with E-state index in [-0.39, 0.29) is 11.6 Å². The minimum atomic E-state index is -0.992. The second kappa shape index (κ2) is 5.05. The van der Waals surface area contributed by atoms with E-state index in [1.807, 2.05) is 18.2 Å². The molecule has 1 heterocycles. The second-order valence-corrected chi connectivity index (χ2v) is 4.18. The number of aliphatic hydroxyl groups is 1. The molecule has 96 valence electrons. The molecule has 0 aliphatic rings. The van der Waals surface area contributed by atoms with Gasteiger partial charge in [0.25, 0.3) is 0 Å². The van der Waals surface area contributed by atoms with Crippen molar-refractivity contribution in [2.45, 2.75) is 19.4 Å². The van der Waals surface area contributed by atoms with Gasteiger partial charge >= 0.3 is 5.69 Å². The highest BCUT2D eigenvalue weighted by Gasteiger charge is 2.07. The van der Waals surface area contributed by atoms with Gasteiger partial charge in [-0.2, -0.15) is 0 Å². The Bertz CT molecular complexity index is 612. The molecule has 1 aromatic carbocycles. The maximum absolute atomic E-state index is 11.1. The maximum Gasteiger partial charge on any atom is 0.323 e. The molecule has 18 heavy (non-hydrogen) atoms. The predicted molar refractivity (Wildman–Crippen MR) is 67.3 cm³/mol. The molecule has 1 unspecified atom stereocenters. The third-order valence-electron chi connectivity index (χ3n) is 2.67. The van der Waals surface area contributed by atoms with Crippen molar-refractivity contribution in [1.82, 2.24) is 15.3 Å². The van der Waals surface area contributed by atoms with Crippen molar-refractivity contribution in [2.75, 3.05) is 6.54 Å². The first kappa shape index (κ1) is 12.4. The molecule has 2 aromatic rings. The number of nitrogens with one attached hydrogen (secondary N) is 3. The smallest absolute Gasteiger partial charge is 0.323 e. The summed E-state index contributed by atoms with van der Waals surface area (Å²) >= 11 is 0. The van der Waals surface area contributed by atoms with E-state index in [1.165, 1.54) is 6.92 Å². The van der Waals surface area contributed by atoms with E-state index in [2.05, 4.69) is 15.3 Å². The summed E-state index contributed by atoms with van der Waals surface area (Å²) in [6, 6.07) is 5.57. The summed E-state index contributed by atoms with van der Waals surface area (Å²) < 4.78 is 0. The Morgan fingerprint density at radius 2 is 2.11 bits per heavy atom. The van der Waals surface area contributed by atoms with E-state index >= 15 is 0 Å². The van der Waals surface area contributed by atoms with E-state index in [0.29, 0.717) is 13.0 Å². The van der Waals surface area contributed by atoms with Gasteiger partial charge in [0.05, 0.1) is 11.0 Å². The lowest BCUT2D eigenvalue weighted by atomic mass is 10.1. The number of aromatic amines is 2. The van der Waals surface area contributed by atoms with Gasteiger partial charge in [0.15, 0.2) is 0 Å². The van der Waals surface area contributed by atoms with Crippen molar-refractivity contribution < 1.29 is 9.90 Å². The molecule has 0 fully saturated rings. The Morgan fingerprint density at radius 3 is 2.83 bits per heavy atom. The molecule has 6 heteroatoms. The number of aliphatic hydroxyl groups excluding tert-OH is 1. The first-order chi connectivity index (χ1) is 8.56. The fourth-order valence-corrected chi connectivity index (χ4v) is 1.71. The topological polar surface area (TPSA) is 98.0 Å². The van der Waals surface area contributed by atoms with Crippen LogP contribution < -0.4 is 11.0 Å². The van der Waals surface area contributed by atoms with Gasteiger partial charge in [0.2, 0.25) is 5.91 Å². The summed E-state index contributed by atoms with van der Waals surface area (Å²) in [5.74, 6) is -0.383. The zero-order valence-corrected chi connectivity index (χ0v) is 9.99. The van der Waals surface area contributed by atoms with Gasteiger partial charge in [0.1, 0.15) is 6.10 Å². The summed E-state index contributed by atoms with van der Waals surface area (Å²) in [7, 11) is 0. The van der Waals surface area contributed by atoms with E-state index < -0.39 is 6.10 Å². The molecule has 0 saturated carbocycles. The van der Waals surface area contributed by atoms with E-state index in [0.717, 1.165) is 16.6 Å².